The van der Waals surface area contributed by atoms with Crippen LogP contribution in [-0.2, 0) is 26.2 Å². The van der Waals surface area contributed by atoms with Gasteiger partial charge in [0.15, 0.2) is 0 Å². The molecule has 4 atom stereocenters. The van der Waals surface area contributed by atoms with E-state index in [0.29, 0.717) is 24.0 Å². The van der Waals surface area contributed by atoms with Crippen molar-refractivity contribution in [1.82, 2.24) is 9.80 Å². The van der Waals surface area contributed by atoms with Gasteiger partial charge in [0.2, 0.25) is 5.91 Å². The van der Waals surface area contributed by atoms with Crippen LogP contribution in [0, 0.1) is 17.8 Å². The molecule has 0 N–H and O–H groups in total. The summed E-state index contributed by atoms with van der Waals surface area (Å²) in [7, 11) is 1.86. The van der Waals surface area contributed by atoms with Gasteiger partial charge in [-0.05, 0) is 93.0 Å². The maximum absolute atomic E-state index is 14.0. The summed E-state index contributed by atoms with van der Waals surface area (Å²) in [5.74, 6) is 2.14. The number of fused-ring (bicyclic) bond motifs is 1. The van der Waals surface area contributed by atoms with E-state index >= 15 is 0 Å². The summed E-state index contributed by atoms with van der Waals surface area (Å²) in [6.07, 6.45) is 10.3. The number of amides is 1. The first-order chi connectivity index (χ1) is 21.3. The van der Waals surface area contributed by atoms with Gasteiger partial charge in [-0.2, -0.15) is 0 Å². The van der Waals surface area contributed by atoms with E-state index in [-0.39, 0.29) is 29.4 Å². The highest BCUT2D eigenvalue weighted by atomic mass is 16.5. The Kier molecular flexibility index (Phi) is 11.2. The molecule has 0 spiro atoms. The lowest BCUT2D eigenvalue weighted by Crippen LogP contribution is -2.62. The van der Waals surface area contributed by atoms with Crippen LogP contribution in [0.2, 0.25) is 0 Å². The molecule has 240 valence electrons. The minimum atomic E-state index is -0.302. The smallest absolute Gasteiger partial charge is 0.308 e. The summed E-state index contributed by atoms with van der Waals surface area (Å²) in [5, 5.41) is 0. The van der Waals surface area contributed by atoms with Crippen LogP contribution in [0.4, 0.5) is 0 Å². The molecule has 0 aromatic heterocycles. The maximum Gasteiger partial charge on any atom is 0.308 e. The summed E-state index contributed by atoms with van der Waals surface area (Å²) in [6, 6.07) is 18.9. The zero-order valence-electron chi connectivity index (χ0n) is 27.5. The second kappa shape index (κ2) is 15.1. The Morgan fingerprint density at radius 2 is 1.84 bits per heavy atom. The van der Waals surface area contributed by atoms with E-state index < -0.39 is 0 Å². The highest BCUT2D eigenvalue weighted by Crippen LogP contribution is 2.52. The number of piperidine rings is 1. The number of ether oxygens (including phenoxy) is 2. The quantitative estimate of drug-likeness (QED) is 0.132. The van der Waals surface area contributed by atoms with E-state index in [2.05, 4.69) is 66.1 Å². The third kappa shape index (κ3) is 8.31. The van der Waals surface area contributed by atoms with Crippen molar-refractivity contribution in [3.63, 3.8) is 0 Å². The number of carbonyl (C=O) groups excluding carboxylic acids is 2. The summed E-state index contributed by atoms with van der Waals surface area (Å²) in [5.41, 5.74) is 2.44. The molecule has 6 heteroatoms. The number of nitrogens with zero attached hydrogens (tertiary/aromatic N) is 2. The van der Waals surface area contributed by atoms with Crippen molar-refractivity contribution < 1.29 is 19.1 Å². The molecule has 3 aliphatic rings. The molecule has 2 aromatic carbocycles. The van der Waals surface area contributed by atoms with Crippen LogP contribution in [0.1, 0.15) is 89.7 Å². The second-order valence-electron chi connectivity index (χ2n) is 14.2. The fourth-order valence-electron chi connectivity index (χ4n) is 8.01. The van der Waals surface area contributed by atoms with Gasteiger partial charge in [0, 0.05) is 57.5 Å². The average molecular weight is 603 g/mol. The molecular weight excluding hydrogens is 548 g/mol. The highest BCUT2D eigenvalue weighted by molar-refractivity contribution is 5.76. The Morgan fingerprint density at radius 3 is 2.55 bits per heavy atom. The minimum absolute atomic E-state index is 0.0569. The van der Waals surface area contributed by atoms with Crippen molar-refractivity contribution in [3.8, 4) is 5.75 Å². The van der Waals surface area contributed by atoms with Crippen LogP contribution in [0.3, 0.4) is 0 Å². The van der Waals surface area contributed by atoms with E-state index in [9.17, 15) is 9.59 Å². The van der Waals surface area contributed by atoms with E-state index in [4.69, 9.17) is 9.47 Å². The van der Waals surface area contributed by atoms with Crippen LogP contribution in [0.5, 0.6) is 5.75 Å². The molecule has 5 rings (SSSR count). The van der Waals surface area contributed by atoms with Crippen molar-refractivity contribution in [2.45, 2.75) is 103 Å². The Bertz CT molecular complexity index is 1230. The average Bonchev–Trinajstić information content (AvgIpc) is 3.83. The van der Waals surface area contributed by atoms with Crippen molar-refractivity contribution in [3.05, 3.63) is 65.7 Å². The SMILES string of the molecule is COC1C[C@@H](N(CC(C)C)C(=O)CCCCCc2ccccc2)C[C@]2(c3cccc(OC(C)=O)c3)CCN(CC3CC3)C[C@@H]12. The lowest BCUT2D eigenvalue weighted by atomic mass is 9.56. The molecule has 1 saturated heterocycles. The summed E-state index contributed by atoms with van der Waals surface area (Å²) >= 11 is 0. The number of likely N-dealkylation sites (tertiary alicyclic amines) is 1. The van der Waals surface area contributed by atoms with Crippen LogP contribution >= 0.6 is 0 Å². The fraction of sp³-hybridized carbons (Fsp3) is 0.632. The molecule has 2 aliphatic carbocycles. The molecule has 1 amide bonds. The zero-order chi connectivity index (χ0) is 31.1. The van der Waals surface area contributed by atoms with Crippen molar-refractivity contribution in [1.29, 1.82) is 0 Å². The molecule has 6 nitrogen and oxygen atoms in total. The van der Waals surface area contributed by atoms with Crippen molar-refractivity contribution in [2.75, 3.05) is 33.3 Å². The molecule has 0 radical (unpaired) electrons. The van der Waals surface area contributed by atoms with Gasteiger partial charge >= 0.3 is 5.97 Å². The van der Waals surface area contributed by atoms with Gasteiger partial charge in [-0.3, -0.25) is 9.59 Å². The van der Waals surface area contributed by atoms with Crippen LogP contribution in [0.15, 0.2) is 54.6 Å². The number of benzene rings is 2. The molecule has 1 heterocycles. The number of methoxy groups -OCH3 is 1. The van der Waals surface area contributed by atoms with Gasteiger partial charge in [0.25, 0.3) is 0 Å². The van der Waals surface area contributed by atoms with Gasteiger partial charge < -0.3 is 19.3 Å². The van der Waals surface area contributed by atoms with Crippen molar-refractivity contribution in [2.24, 2.45) is 17.8 Å². The number of aryl methyl sites for hydroxylation is 1. The fourth-order valence-corrected chi connectivity index (χ4v) is 8.01. The highest BCUT2D eigenvalue weighted by Gasteiger charge is 2.54. The lowest BCUT2D eigenvalue weighted by Gasteiger charge is -2.57. The third-order valence-electron chi connectivity index (χ3n) is 10.3. The minimum Gasteiger partial charge on any atom is -0.427 e. The first-order valence-corrected chi connectivity index (χ1v) is 17.1. The number of rotatable bonds is 14. The largest absolute Gasteiger partial charge is 0.427 e. The van der Waals surface area contributed by atoms with Gasteiger partial charge in [-0.25, -0.2) is 0 Å². The second-order valence-corrected chi connectivity index (χ2v) is 14.2. The summed E-state index contributed by atoms with van der Waals surface area (Å²) in [4.78, 5) is 30.7. The van der Waals surface area contributed by atoms with Gasteiger partial charge in [0.05, 0.1) is 6.10 Å². The Labute approximate surface area is 265 Å². The molecule has 1 aliphatic heterocycles. The maximum atomic E-state index is 14.0. The van der Waals surface area contributed by atoms with E-state index in [1.54, 1.807) is 0 Å². The third-order valence-corrected chi connectivity index (χ3v) is 10.3. The predicted molar refractivity (Wildman–Crippen MR) is 176 cm³/mol. The Balaban J connectivity index is 1.35. The number of hydrogen-bond donors (Lipinski definition) is 0. The standard InChI is InChI=1S/C38H54N2O4/c1-28(2)25-40(37(42)17-10-6-9-14-30-12-7-5-8-13-30)33-23-36(43-4)35-27-39(26-31-18-19-31)21-20-38(35,24-33)32-15-11-16-34(22-32)44-29(3)41/h5,7-8,11-13,15-16,22,28,31,33,35-36H,6,9-10,14,17-21,23-27H2,1-4H3/t33-,35+,36?,38+/m1/s1. The topological polar surface area (TPSA) is 59.1 Å². The van der Waals surface area contributed by atoms with E-state index in [1.165, 1.54) is 37.4 Å². The van der Waals surface area contributed by atoms with Gasteiger partial charge in [0.1, 0.15) is 5.75 Å². The number of esters is 1. The molecule has 0 bridgehead atoms. The number of carbonyl (C=O) groups is 2. The van der Waals surface area contributed by atoms with E-state index in [0.717, 1.165) is 70.5 Å². The monoisotopic (exact) mass is 602 g/mol. The number of unbranched alkanes of at least 4 members (excludes halogenated alkanes) is 2. The molecule has 44 heavy (non-hydrogen) atoms. The molecular formula is C38H54N2O4. The van der Waals surface area contributed by atoms with Crippen LogP contribution in [-0.4, -0.2) is 67.1 Å². The van der Waals surface area contributed by atoms with Gasteiger partial charge in [-0.15, -0.1) is 0 Å². The summed E-state index contributed by atoms with van der Waals surface area (Å²) < 4.78 is 11.9. The summed E-state index contributed by atoms with van der Waals surface area (Å²) in [6.45, 7) is 9.90. The first-order valence-electron chi connectivity index (χ1n) is 17.1. The molecule has 3 fully saturated rings. The zero-order valence-corrected chi connectivity index (χ0v) is 27.5. The van der Waals surface area contributed by atoms with Crippen LogP contribution < -0.4 is 4.74 Å². The lowest BCUT2D eigenvalue weighted by molar-refractivity contribution is -0.141. The molecule has 2 aromatic rings. The van der Waals surface area contributed by atoms with Crippen LogP contribution in [0.25, 0.3) is 0 Å². The van der Waals surface area contributed by atoms with E-state index in [1.807, 2.05) is 19.2 Å². The van der Waals surface area contributed by atoms with Gasteiger partial charge in [-0.1, -0.05) is 62.7 Å². The Morgan fingerprint density at radius 1 is 1.05 bits per heavy atom. The predicted octanol–water partition coefficient (Wildman–Crippen LogP) is 7.05. The normalized spacial score (nSPS) is 25.4. The van der Waals surface area contributed by atoms with Crippen molar-refractivity contribution >= 4 is 11.9 Å². The molecule has 1 unspecified atom stereocenters. The molecule has 2 saturated carbocycles. The number of hydrogen-bond acceptors (Lipinski definition) is 5. The Hall–Kier alpha value is -2.70. The first kappa shape index (κ1) is 32.7.